The largest absolute Gasteiger partial charge is 0.326 e. The molecule has 0 spiro atoms. The van der Waals surface area contributed by atoms with Crippen molar-refractivity contribution in [1.29, 1.82) is 0 Å². The lowest BCUT2D eigenvalue weighted by molar-refractivity contribution is -0.143. The van der Waals surface area contributed by atoms with Crippen LogP contribution in [-0.4, -0.2) is 28.8 Å². The first-order valence-electron chi connectivity index (χ1n) is 7.32. The maximum Gasteiger partial charge on any atom is 0.233 e. The molecular weight excluding hydrogens is 228 g/mol. The minimum absolute atomic E-state index is 0.00759. The van der Waals surface area contributed by atoms with Gasteiger partial charge < -0.3 is 5.73 Å². The standard InChI is InChI=1S/C14H22N2O2/c15-11-7-3-4-8-12(11)16-13(17)9-5-1-2-6-10(9)14(16)18/h9-12H,1-8,15H2/t9?,10?,11-,12-/m1/s1. The molecule has 2 amide bonds. The number of carbonyl (C=O) groups is 2. The minimum atomic E-state index is -0.0274. The van der Waals surface area contributed by atoms with Gasteiger partial charge in [0.05, 0.1) is 17.9 Å². The second-order valence-corrected chi connectivity index (χ2v) is 6.06. The second kappa shape index (κ2) is 4.65. The number of nitrogens with zero attached hydrogens (tertiary/aromatic N) is 1. The number of fused-ring (bicyclic) bond motifs is 1. The fourth-order valence-corrected chi connectivity index (χ4v) is 3.98. The van der Waals surface area contributed by atoms with Crippen molar-refractivity contribution in [3.8, 4) is 0 Å². The van der Waals surface area contributed by atoms with Crippen LogP contribution >= 0.6 is 0 Å². The van der Waals surface area contributed by atoms with Gasteiger partial charge in [0, 0.05) is 6.04 Å². The second-order valence-electron chi connectivity index (χ2n) is 6.06. The molecule has 1 heterocycles. The molecule has 2 saturated carbocycles. The molecule has 2 aliphatic carbocycles. The van der Waals surface area contributed by atoms with Gasteiger partial charge in [-0.25, -0.2) is 0 Å². The van der Waals surface area contributed by atoms with E-state index in [4.69, 9.17) is 5.73 Å². The molecule has 2 unspecified atom stereocenters. The van der Waals surface area contributed by atoms with E-state index in [2.05, 4.69) is 0 Å². The predicted octanol–water partition coefficient (Wildman–Crippen LogP) is 1.43. The number of amides is 2. The number of nitrogens with two attached hydrogens (primary N) is 1. The lowest BCUT2D eigenvalue weighted by Crippen LogP contribution is -2.52. The molecule has 3 aliphatic rings. The van der Waals surface area contributed by atoms with E-state index < -0.39 is 0 Å². The first-order valence-corrected chi connectivity index (χ1v) is 7.32. The van der Waals surface area contributed by atoms with Crippen molar-refractivity contribution in [3.05, 3.63) is 0 Å². The molecule has 0 aromatic carbocycles. The molecule has 0 radical (unpaired) electrons. The van der Waals surface area contributed by atoms with E-state index in [1.807, 2.05) is 0 Å². The van der Waals surface area contributed by atoms with E-state index in [1.54, 1.807) is 4.90 Å². The van der Waals surface area contributed by atoms with Crippen molar-refractivity contribution >= 4 is 11.8 Å². The molecule has 4 heteroatoms. The molecule has 0 aromatic heterocycles. The van der Waals surface area contributed by atoms with Crippen LogP contribution in [0.5, 0.6) is 0 Å². The van der Waals surface area contributed by atoms with Crippen LogP contribution in [0, 0.1) is 11.8 Å². The van der Waals surface area contributed by atoms with Gasteiger partial charge in [-0.05, 0) is 25.7 Å². The highest BCUT2D eigenvalue weighted by molar-refractivity contribution is 6.05. The number of carbonyl (C=O) groups excluding carboxylic acids is 2. The summed E-state index contributed by atoms with van der Waals surface area (Å²) in [5.74, 6) is 0.0971. The van der Waals surface area contributed by atoms with Crippen LogP contribution in [0.1, 0.15) is 51.4 Å². The third-order valence-electron chi connectivity index (χ3n) is 4.99. The summed E-state index contributed by atoms with van der Waals surface area (Å²) < 4.78 is 0. The van der Waals surface area contributed by atoms with Gasteiger partial charge in [0.2, 0.25) is 11.8 Å². The maximum atomic E-state index is 12.4. The summed E-state index contributed by atoms with van der Waals surface area (Å²) in [4.78, 5) is 26.4. The molecule has 1 saturated heterocycles. The number of likely N-dealkylation sites (tertiary alicyclic amines) is 1. The Hall–Kier alpha value is -0.900. The number of hydrogen-bond acceptors (Lipinski definition) is 3. The Balaban J connectivity index is 1.83. The van der Waals surface area contributed by atoms with Crippen LogP contribution in [0.15, 0.2) is 0 Å². The lowest BCUT2D eigenvalue weighted by atomic mass is 9.81. The smallest absolute Gasteiger partial charge is 0.233 e. The van der Waals surface area contributed by atoms with Crippen molar-refractivity contribution in [1.82, 2.24) is 4.90 Å². The van der Waals surface area contributed by atoms with E-state index in [0.717, 1.165) is 51.4 Å². The fraction of sp³-hybridized carbons (Fsp3) is 0.857. The van der Waals surface area contributed by atoms with Crippen molar-refractivity contribution < 1.29 is 9.59 Å². The maximum absolute atomic E-state index is 12.4. The molecule has 3 rings (SSSR count). The number of rotatable bonds is 1. The summed E-state index contributed by atoms with van der Waals surface area (Å²) in [6.07, 6.45) is 8.03. The molecule has 3 fully saturated rings. The quantitative estimate of drug-likeness (QED) is 0.716. The minimum Gasteiger partial charge on any atom is -0.326 e. The zero-order valence-corrected chi connectivity index (χ0v) is 10.8. The third kappa shape index (κ3) is 1.78. The van der Waals surface area contributed by atoms with Crippen LogP contribution < -0.4 is 5.73 Å². The lowest BCUT2D eigenvalue weighted by Gasteiger charge is -2.34. The van der Waals surface area contributed by atoms with Gasteiger partial charge >= 0.3 is 0 Å². The summed E-state index contributed by atoms with van der Waals surface area (Å²) in [5, 5.41) is 0. The fourth-order valence-electron chi connectivity index (χ4n) is 3.98. The highest BCUT2D eigenvalue weighted by Gasteiger charge is 2.51. The van der Waals surface area contributed by atoms with E-state index in [-0.39, 0.29) is 35.7 Å². The summed E-state index contributed by atoms with van der Waals surface area (Å²) in [6.45, 7) is 0. The zero-order chi connectivity index (χ0) is 12.7. The average Bonchev–Trinajstić information content (AvgIpc) is 2.64. The van der Waals surface area contributed by atoms with Crippen molar-refractivity contribution in [2.45, 2.75) is 63.5 Å². The summed E-state index contributed by atoms with van der Waals surface area (Å²) in [6, 6.07) is -0.0313. The van der Waals surface area contributed by atoms with Crippen molar-refractivity contribution in [2.75, 3.05) is 0 Å². The van der Waals surface area contributed by atoms with Gasteiger partial charge in [0.1, 0.15) is 0 Å². The monoisotopic (exact) mass is 250 g/mol. The van der Waals surface area contributed by atoms with E-state index in [0.29, 0.717) is 0 Å². The van der Waals surface area contributed by atoms with Crippen LogP contribution in [-0.2, 0) is 9.59 Å². The molecule has 1 aliphatic heterocycles. The van der Waals surface area contributed by atoms with E-state index >= 15 is 0 Å². The van der Waals surface area contributed by atoms with Crippen molar-refractivity contribution in [3.63, 3.8) is 0 Å². The Kier molecular flexibility index (Phi) is 3.14. The highest BCUT2D eigenvalue weighted by Crippen LogP contribution is 2.40. The van der Waals surface area contributed by atoms with Gasteiger partial charge in [0.15, 0.2) is 0 Å². The van der Waals surface area contributed by atoms with Gasteiger partial charge in [-0.2, -0.15) is 0 Å². The van der Waals surface area contributed by atoms with Crippen LogP contribution in [0.2, 0.25) is 0 Å². The summed E-state index contributed by atoms with van der Waals surface area (Å²) in [5.41, 5.74) is 6.13. The zero-order valence-electron chi connectivity index (χ0n) is 10.8. The van der Waals surface area contributed by atoms with Crippen LogP contribution in [0.4, 0.5) is 0 Å². The first kappa shape index (κ1) is 12.2. The normalized spacial score (nSPS) is 41.1. The SMILES string of the molecule is N[C@@H]1CCCC[C@H]1N1C(=O)C2CCCCC2C1=O. The molecule has 0 bridgehead atoms. The molecule has 18 heavy (non-hydrogen) atoms. The highest BCUT2D eigenvalue weighted by atomic mass is 16.2. The molecule has 2 N–H and O–H groups in total. The van der Waals surface area contributed by atoms with Gasteiger partial charge in [0.25, 0.3) is 0 Å². The Bertz CT molecular complexity index is 345. The van der Waals surface area contributed by atoms with Gasteiger partial charge in [-0.3, -0.25) is 14.5 Å². The predicted molar refractivity (Wildman–Crippen MR) is 67.5 cm³/mol. The third-order valence-corrected chi connectivity index (χ3v) is 4.99. The number of imide groups is 1. The average molecular weight is 250 g/mol. The molecule has 4 nitrogen and oxygen atoms in total. The van der Waals surface area contributed by atoms with E-state index in [9.17, 15) is 9.59 Å². The Morgan fingerprint density at radius 1 is 0.833 bits per heavy atom. The Morgan fingerprint density at radius 2 is 1.33 bits per heavy atom. The molecule has 0 aromatic rings. The summed E-state index contributed by atoms with van der Waals surface area (Å²) >= 11 is 0. The van der Waals surface area contributed by atoms with Crippen LogP contribution in [0.3, 0.4) is 0 Å². The van der Waals surface area contributed by atoms with Gasteiger partial charge in [-0.15, -0.1) is 0 Å². The molecular formula is C14H22N2O2. The number of hydrogen-bond donors (Lipinski definition) is 1. The topological polar surface area (TPSA) is 63.4 Å². The Labute approximate surface area is 108 Å². The van der Waals surface area contributed by atoms with Crippen molar-refractivity contribution in [2.24, 2.45) is 17.6 Å². The Morgan fingerprint density at radius 3 is 1.89 bits per heavy atom. The first-order chi connectivity index (χ1) is 8.70. The van der Waals surface area contributed by atoms with Gasteiger partial charge in [-0.1, -0.05) is 25.7 Å². The molecule has 100 valence electrons. The van der Waals surface area contributed by atoms with E-state index in [1.165, 1.54) is 0 Å². The van der Waals surface area contributed by atoms with Crippen LogP contribution in [0.25, 0.3) is 0 Å². The summed E-state index contributed by atoms with van der Waals surface area (Å²) in [7, 11) is 0. The molecule has 4 atom stereocenters.